The molecule has 1 aliphatic rings. The summed E-state index contributed by atoms with van der Waals surface area (Å²) in [6.45, 7) is 3.73. The minimum Gasteiger partial charge on any atom is -0.459 e. The zero-order valence-corrected chi connectivity index (χ0v) is 12.7. The molecule has 2 aromatic rings. The number of carbonyl (C=O) groups excluding carboxylic acids is 1. The SMILES string of the molecule is Cn1cccc1[C@@H](CNC(=O)c1ccco1)N1CCOCC1. The Hall–Kier alpha value is -2.05. The number of nitrogens with one attached hydrogen (secondary N) is 1. The van der Waals surface area contributed by atoms with Crippen molar-refractivity contribution in [3.05, 3.63) is 48.2 Å². The van der Waals surface area contributed by atoms with Crippen molar-refractivity contribution in [1.29, 1.82) is 0 Å². The van der Waals surface area contributed by atoms with Gasteiger partial charge in [-0.05, 0) is 24.3 Å². The highest BCUT2D eigenvalue weighted by atomic mass is 16.5. The number of ether oxygens (including phenoxy) is 1. The number of aryl methyl sites for hydroxylation is 1. The molecule has 0 spiro atoms. The first-order chi connectivity index (χ1) is 10.8. The molecule has 0 radical (unpaired) electrons. The first kappa shape index (κ1) is 14.9. The van der Waals surface area contributed by atoms with Crippen molar-refractivity contribution in [3.8, 4) is 0 Å². The van der Waals surface area contributed by atoms with Gasteiger partial charge in [0.1, 0.15) is 0 Å². The molecular formula is C16H21N3O3. The average Bonchev–Trinajstić information content (AvgIpc) is 3.21. The van der Waals surface area contributed by atoms with Gasteiger partial charge in [0.25, 0.3) is 5.91 Å². The molecule has 1 fully saturated rings. The lowest BCUT2D eigenvalue weighted by molar-refractivity contribution is 0.0147. The Labute approximate surface area is 129 Å². The summed E-state index contributed by atoms with van der Waals surface area (Å²) in [4.78, 5) is 14.4. The maximum atomic E-state index is 12.1. The van der Waals surface area contributed by atoms with E-state index in [2.05, 4.69) is 20.9 Å². The van der Waals surface area contributed by atoms with E-state index in [0.29, 0.717) is 12.3 Å². The van der Waals surface area contributed by atoms with Crippen molar-refractivity contribution >= 4 is 5.91 Å². The second-order valence-corrected chi connectivity index (χ2v) is 5.40. The molecule has 3 rings (SSSR count). The topological polar surface area (TPSA) is 59.6 Å². The number of furan rings is 1. The third-order valence-electron chi connectivity index (χ3n) is 4.01. The van der Waals surface area contributed by atoms with E-state index in [0.717, 1.165) is 26.3 Å². The molecule has 22 heavy (non-hydrogen) atoms. The number of morpholine rings is 1. The molecule has 6 heteroatoms. The molecule has 0 aromatic carbocycles. The molecule has 0 saturated carbocycles. The normalized spacial score (nSPS) is 17.3. The van der Waals surface area contributed by atoms with E-state index in [-0.39, 0.29) is 11.9 Å². The van der Waals surface area contributed by atoms with Crippen LogP contribution in [0.2, 0.25) is 0 Å². The summed E-state index contributed by atoms with van der Waals surface area (Å²) < 4.78 is 12.7. The summed E-state index contributed by atoms with van der Waals surface area (Å²) in [5, 5.41) is 2.97. The lowest BCUT2D eigenvalue weighted by Gasteiger charge is -2.34. The van der Waals surface area contributed by atoms with Gasteiger partial charge in [-0.1, -0.05) is 0 Å². The predicted octanol–water partition coefficient (Wildman–Crippen LogP) is 1.42. The smallest absolute Gasteiger partial charge is 0.287 e. The van der Waals surface area contributed by atoms with Gasteiger partial charge in [-0.25, -0.2) is 0 Å². The summed E-state index contributed by atoms with van der Waals surface area (Å²) >= 11 is 0. The number of hydrogen-bond acceptors (Lipinski definition) is 4. The van der Waals surface area contributed by atoms with Crippen molar-refractivity contribution in [1.82, 2.24) is 14.8 Å². The highest BCUT2D eigenvalue weighted by Gasteiger charge is 2.25. The number of aromatic nitrogens is 1. The summed E-state index contributed by atoms with van der Waals surface area (Å²) in [6.07, 6.45) is 3.53. The Bertz CT molecular complexity index is 600. The molecule has 3 heterocycles. The van der Waals surface area contributed by atoms with Gasteiger partial charge < -0.3 is 19.0 Å². The summed E-state index contributed by atoms with van der Waals surface area (Å²) in [6, 6.07) is 7.63. The Morgan fingerprint density at radius 3 is 2.77 bits per heavy atom. The third kappa shape index (κ3) is 3.23. The van der Waals surface area contributed by atoms with Crippen LogP contribution in [-0.2, 0) is 11.8 Å². The zero-order valence-electron chi connectivity index (χ0n) is 12.7. The highest BCUT2D eigenvalue weighted by molar-refractivity contribution is 5.91. The van der Waals surface area contributed by atoms with E-state index in [4.69, 9.17) is 9.15 Å². The lowest BCUT2D eigenvalue weighted by atomic mass is 10.1. The highest BCUT2D eigenvalue weighted by Crippen LogP contribution is 2.21. The molecular weight excluding hydrogens is 282 g/mol. The van der Waals surface area contributed by atoms with Crippen molar-refractivity contribution in [2.75, 3.05) is 32.8 Å². The molecule has 6 nitrogen and oxygen atoms in total. The Kier molecular flexibility index (Phi) is 4.60. The van der Waals surface area contributed by atoms with Crippen molar-refractivity contribution in [2.24, 2.45) is 7.05 Å². The van der Waals surface area contributed by atoms with Crippen LogP contribution in [0.1, 0.15) is 22.3 Å². The molecule has 1 amide bonds. The molecule has 0 unspecified atom stereocenters. The number of amides is 1. The maximum Gasteiger partial charge on any atom is 0.287 e. The van der Waals surface area contributed by atoms with Gasteiger partial charge in [-0.3, -0.25) is 9.69 Å². The molecule has 0 aliphatic carbocycles. The average molecular weight is 303 g/mol. The Morgan fingerprint density at radius 1 is 1.32 bits per heavy atom. The Balaban J connectivity index is 1.71. The molecule has 118 valence electrons. The fourth-order valence-corrected chi connectivity index (χ4v) is 2.81. The molecule has 1 atom stereocenters. The largest absolute Gasteiger partial charge is 0.459 e. The summed E-state index contributed by atoms with van der Waals surface area (Å²) in [5.74, 6) is 0.157. The van der Waals surface area contributed by atoms with Crippen LogP contribution in [0.3, 0.4) is 0 Å². The Morgan fingerprint density at radius 2 is 2.14 bits per heavy atom. The van der Waals surface area contributed by atoms with E-state index in [1.165, 1.54) is 12.0 Å². The van der Waals surface area contributed by atoms with Gasteiger partial charge in [0, 0.05) is 38.6 Å². The van der Waals surface area contributed by atoms with Gasteiger partial charge in [0.15, 0.2) is 5.76 Å². The van der Waals surface area contributed by atoms with Crippen LogP contribution in [0.15, 0.2) is 41.1 Å². The van der Waals surface area contributed by atoms with Crippen LogP contribution in [0.4, 0.5) is 0 Å². The van der Waals surface area contributed by atoms with Gasteiger partial charge in [-0.2, -0.15) is 0 Å². The van der Waals surface area contributed by atoms with E-state index < -0.39 is 0 Å². The second kappa shape index (κ2) is 6.81. The minimum atomic E-state index is -0.183. The fourth-order valence-electron chi connectivity index (χ4n) is 2.81. The van der Waals surface area contributed by atoms with Gasteiger partial charge in [0.05, 0.1) is 25.5 Å². The van der Waals surface area contributed by atoms with Crippen LogP contribution in [0.5, 0.6) is 0 Å². The number of nitrogens with zero attached hydrogens (tertiary/aromatic N) is 2. The van der Waals surface area contributed by atoms with E-state index >= 15 is 0 Å². The maximum absolute atomic E-state index is 12.1. The summed E-state index contributed by atoms with van der Waals surface area (Å²) in [7, 11) is 2.02. The van der Waals surface area contributed by atoms with Crippen LogP contribution in [-0.4, -0.2) is 48.2 Å². The second-order valence-electron chi connectivity index (χ2n) is 5.40. The first-order valence-corrected chi connectivity index (χ1v) is 7.50. The molecule has 1 saturated heterocycles. The van der Waals surface area contributed by atoms with E-state index in [9.17, 15) is 4.79 Å². The van der Waals surface area contributed by atoms with Crippen LogP contribution < -0.4 is 5.32 Å². The van der Waals surface area contributed by atoms with Crippen molar-refractivity contribution in [3.63, 3.8) is 0 Å². The molecule has 1 aliphatic heterocycles. The summed E-state index contributed by atoms with van der Waals surface area (Å²) in [5.41, 5.74) is 1.18. The quantitative estimate of drug-likeness (QED) is 0.907. The first-order valence-electron chi connectivity index (χ1n) is 7.50. The standard InChI is InChI=1S/C16H21N3O3/c1-18-6-2-4-13(18)14(19-7-10-21-11-8-19)12-17-16(20)15-5-3-9-22-15/h2-6,9,14H,7-8,10-12H2,1H3,(H,17,20)/t14-/m1/s1. The van der Waals surface area contributed by atoms with Crippen molar-refractivity contribution < 1.29 is 13.9 Å². The van der Waals surface area contributed by atoms with Crippen molar-refractivity contribution in [2.45, 2.75) is 6.04 Å². The molecule has 0 bridgehead atoms. The minimum absolute atomic E-state index is 0.128. The monoisotopic (exact) mass is 303 g/mol. The van der Waals surface area contributed by atoms with Crippen LogP contribution in [0.25, 0.3) is 0 Å². The van der Waals surface area contributed by atoms with Gasteiger partial charge >= 0.3 is 0 Å². The van der Waals surface area contributed by atoms with E-state index in [1.54, 1.807) is 12.1 Å². The predicted molar refractivity (Wildman–Crippen MR) is 81.6 cm³/mol. The van der Waals surface area contributed by atoms with Crippen LogP contribution >= 0.6 is 0 Å². The van der Waals surface area contributed by atoms with Gasteiger partial charge in [-0.15, -0.1) is 0 Å². The lowest BCUT2D eigenvalue weighted by Crippen LogP contribution is -2.44. The van der Waals surface area contributed by atoms with Gasteiger partial charge in [0.2, 0.25) is 0 Å². The molecule has 2 aromatic heterocycles. The zero-order chi connectivity index (χ0) is 15.4. The number of rotatable bonds is 5. The number of hydrogen-bond donors (Lipinski definition) is 1. The molecule has 1 N–H and O–H groups in total. The fraction of sp³-hybridized carbons (Fsp3) is 0.438. The van der Waals surface area contributed by atoms with E-state index in [1.807, 2.05) is 19.3 Å². The third-order valence-corrected chi connectivity index (χ3v) is 4.01. The number of carbonyl (C=O) groups is 1. The van der Waals surface area contributed by atoms with Crippen LogP contribution in [0, 0.1) is 0 Å².